The van der Waals surface area contributed by atoms with Gasteiger partial charge >= 0.3 is 17.9 Å². The fraction of sp³-hybridized carbons (Fsp3) is 0.438. The molecule has 1 rings (SSSR count). The van der Waals surface area contributed by atoms with Gasteiger partial charge in [0.15, 0.2) is 0 Å². The van der Waals surface area contributed by atoms with Gasteiger partial charge in [-0.05, 0) is 38.5 Å². The van der Waals surface area contributed by atoms with Crippen molar-refractivity contribution in [3.05, 3.63) is 29.3 Å². The first-order valence-corrected chi connectivity index (χ1v) is 8.97. The number of carbonyl (C=O) groups excluding carboxylic acids is 2. The van der Waals surface area contributed by atoms with E-state index in [4.69, 9.17) is 5.11 Å². The summed E-state index contributed by atoms with van der Waals surface area (Å²) >= 11 is 0. The lowest BCUT2D eigenvalue weighted by molar-refractivity contribution is -0.137. The van der Waals surface area contributed by atoms with Crippen LogP contribution in [0.3, 0.4) is 0 Å². The first-order valence-electron chi connectivity index (χ1n) is 7.49. The fourth-order valence-electron chi connectivity index (χ4n) is 2.12. The van der Waals surface area contributed by atoms with Gasteiger partial charge in [0.2, 0.25) is 10.0 Å². The third kappa shape index (κ3) is 5.81. The van der Waals surface area contributed by atoms with Crippen LogP contribution in [0.4, 0.5) is 0 Å². The third-order valence-corrected chi connectivity index (χ3v) is 5.11. The zero-order valence-electron chi connectivity index (χ0n) is 14.9. The van der Waals surface area contributed by atoms with E-state index in [2.05, 4.69) is 14.2 Å². The summed E-state index contributed by atoms with van der Waals surface area (Å²) in [6.45, 7) is 3.05. The summed E-state index contributed by atoms with van der Waals surface area (Å²) in [6, 6.07) is 3.29. The molecule has 0 spiro atoms. The number of carboxylic acid groups (broad SMARTS) is 1. The van der Waals surface area contributed by atoms with E-state index < -0.39 is 33.5 Å². The second-order valence-corrected chi connectivity index (χ2v) is 7.79. The normalized spacial score (nSPS) is 11.7. The topological polar surface area (TPSA) is 136 Å². The van der Waals surface area contributed by atoms with E-state index in [0.717, 1.165) is 32.4 Å². The molecule has 0 saturated heterocycles. The lowest BCUT2D eigenvalue weighted by atomic mass is 10.0. The molecule has 0 radical (unpaired) electrons. The smallest absolute Gasteiger partial charge is 0.337 e. The summed E-state index contributed by atoms with van der Waals surface area (Å²) in [4.78, 5) is 33.9. The fourth-order valence-corrected chi connectivity index (χ4v) is 3.63. The summed E-state index contributed by atoms with van der Waals surface area (Å²) < 4.78 is 36.8. The van der Waals surface area contributed by atoms with Gasteiger partial charge in [-0.25, -0.2) is 22.7 Å². The van der Waals surface area contributed by atoms with E-state index >= 15 is 0 Å². The van der Waals surface area contributed by atoms with Crippen LogP contribution >= 0.6 is 0 Å². The van der Waals surface area contributed by atoms with Crippen LogP contribution in [0.15, 0.2) is 23.1 Å². The molecule has 0 amide bonds. The van der Waals surface area contributed by atoms with Crippen molar-refractivity contribution in [2.75, 3.05) is 14.2 Å². The predicted octanol–water partition coefficient (Wildman–Crippen LogP) is 1.18. The van der Waals surface area contributed by atoms with Crippen molar-refractivity contribution in [1.29, 1.82) is 0 Å². The number of benzene rings is 1. The molecule has 0 atom stereocenters. The zero-order valence-corrected chi connectivity index (χ0v) is 15.7. The number of aliphatic carboxylic acids is 1. The van der Waals surface area contributed by atoms with Crippen LogP contribution in [0, 0.1) is 0 Å². The molecular formula is C16H21NO8S. The molecular weight excluding hydrogens is 366 g/mol. The molecule has 0 aliphatic heterocycles. The van der Waals surface area contributed by atoms with Crippen LogP contribution in [0.2, 0.25) is 0 Å². The van der Waals surface area contributed by atoms with Gasteiger partial charge in [-0.15, -0.1) is 0 Å². The Labute approximate surface area is 151 Å². The molecule has 1 aromatic carbocycles. The minimum absolute atomic E-state index is 0.0438. The first kappa shape index (κ1) is 21.6. The van der Waals surface area contributed by atoms with Gasteiger partial charge in [0.05, 0.1) is 30.2 Å². The monoisotopic (exact) mass is 387 g/mol. The standard InChI is InChI=1S/C16H21NO8S/c1-16(2,6-5-13(18)19)17-26(22,23)12-8-10(14(20)24-3)7-11(9-12)15(21)25-4/h7-9,17H,5-6H2,1-4H3,(H,18,19). The Morgan fingerprint density at radius 2 is 1.50 bits per heavy atom. The number of nitrogens with one attached hydrogen (secondary N) is 1. The second kappa shape index (κ2) is 8.28. The van der Waals surface area contributed by atoms with Crippen molar-refractivity contribution < 1.29 is 37.4 Å². The van der Waals surface area contributed by atoms with Crippen LogP contribution in [0.1, 0.15) is 47.4 Å². The molecule has 0 unspecified atom stereocenters. The Kier molecular flexibility index (Phi) is 6.87. The number of rotatable bonds is 8. The van der Waals surface area contributed by atoms with Crippen LogP contribution in [0.5, 0.6) is 0 Å². The molecule has 2 N–H and O–H groups in total. The Morgan fingerprint density at radius 3 is 1.88 bits per heavy atom. The van der Waals surface area contributed by atoms with Crippen molar-refractivity contribution in [1.82, 2.24) is 4.72 Å². The van der Waals surface area contributed by atoms with E-state index in [1.807, 2.05) is 0 Å². The molecule has 0 fully saturated rings. The summed E-state index contributed by atoms with van der Waals surface area (Å²) in [6.07, 6.45) is -0.187. The number of ether oxygens (including phenoxy) is 2. The molecule has 144 valence electrons. The van der Waals surface area contributed by atoms with Crippen molar-refractivity contribution in [3.63, 3.8) is 0 Å². The van der Waals surface area contributed by atoms with Crippen molar-refractivity contribution in [2.45, 2.75) is 37.1 Å². The number of hydrogen-bond donors (Lipinski definition) is 2. The van der Waals surface area contributed by atoms with Gasteiger partial charge in [0.25, 0.3) is 0 Å². The molecule has 0 aliphatic rings. The molecule has 0 aliphatic carbocycles. The molecule has 0 bridgehead atoms. The summed E-state index contributed by atoms with van der Waals surface area (Å²) in [5, 5.41) is 8.76. The molecule has 0 heterocycles. The highest BCUT2D eigenvalue weighted by molar-refractivity contribution is 7.89. The lowest BCUT2D eigenvalue weighted by Gasteiger charge is -2.25. The highest BCUT2D eigenvalue weighted by atomic mass is 32.2. The number of hydrogen-bond acceptors (Lipinski definition) is 7. The Bertz CT molecular complexity index is 779. The minimum Gasteiger partial charge on any atom is -0.481 e. The molecule has 0 saturated carbocycles. The van der Waals surface area contributed by atoms with Gasteiger partial charge in [-0.1, -0.05) is 0 Å². The number of esters is 2. The maximum absolute atomic E-state index is 12.7. The minimum atomic E-state index is -4.15. The number of carbonyl (C=O) groups is 3. The third-order valence-electron chi connectivity index (χ3n) is 3.43. The Balaban J connectivity index is 3.31. The maximum atomic E-state index is 12.7. The molecule has 1 aromatic rings. The van der Waals surface area contributed by atoms with Crippen LogP contribution in [-0.2, 0) is 24.3 Å². The van der Waals surface area contributed by atoms with E-state index in [0.29, 0.717) is 0 Å². The molecule has 26 heavy (non-hydrogen) atoms. The molecule has 0 aromatic heterocycles. The summed E-state index contributed by atoms with van der Waals surface area (Å²) in [5.41, 5.74) is -1.34. The number of carboxylic acids is 1. The van der Waals surface area contributed by atoms with Crippen LogP contribution in [0.25, 0.3) is 0 Å². The summed E-state index contributed by atoms with van der Waals surface area (Å²) in [7, 11) is -1.91. The quantitative estimate of drug-likeness (QED) is 0.635. The predicted molar refractivity (Wildman–Crippen MR) is 90.4 cm³/mol. The van der Waals surface area contributed by atoms with Gasteiger partial charge in [-0.2, -0.15) is 0 Å². The molecule has 9 nitrogen and oxygen atoms in total. The van der Waals surface area contributed by atoms with E-state index in [1.54, 1.807) is 0 Å². The average molecular weight is 387 g/mol. The highest BCUT2D eigenvalue weighted by Crippen LogP contribution is 2.21. The maximum Gasteiger partial charge on any atom is 0.337 e. The van der Waals surface area contributed by atoms with Crippen molar-refractivity contribution >= 4 is 27.9 Å². The van der Waals surface area contributed by atoms with Gasteiger partial charge < -0.3 is 14.6 Å². The van der Waals surface area contributed by atoms with E-state index in [-0.39, 0.29) is 28.9 Å². The van der Waals surface area contributed by atoms with Gasteiger partial charge in [0.1, 0.15) is 0 Å². The van der Waals surface area contributed by atoms with Crippen molar-refractivity contribution in [2.24, 2.45) is 0 Å². The summed E-state index contributed by atoms with van der Waals surface area (Å²) in [5.74, 6) is -2.70. The van der Waals surface area contributed by atoms with E-state index in [1.165, 1.54) is 13.8 Å². The first-order chi connectivity index (χ1) is 11.9. The largest absolute Gasteiger partial charge is 0.481 e. The zero-order chi connectivity index (χ0) is 20.1. The van der Waals surface area contributed by atoms with Crippen molar-refractivity contribution in [3.8, 4) is 0 Å². The number of methoxy groups -OCH3 is 2. The van der Waals surface area contributed by atoms with Crippen LogP contribution < -0.4 is 4.72 Å². The van der Waals surface area contributed by atoms with Crippen LogP contribution in [-0.4, -0.2) is 51.2 Å². The Morgan fingerprint density at radius 1 is 1.04 bits per heavy atom. The van der Waals surface area contributed by atoms with Gasteiger partial charge in [-0.3, -0.25) is 4.79 Å². The second-order valence-electron chi connectivity index (χ2n) is 6.11. The van der Waals surface area contributed by atoms with Gasteiger partial charge in [0, 0.05) is 12.0 Å². The highest BCUT2D eigenvalue weighted by Gasteiger charge is 2.28. The Hall–Kier alpha value is -2.46. The molecule has 10 heteroatoms. The number of sulfonamides is 1. The van der Waals surface area contributed by atoms with E-state index in [9.17, 15) is 22.8 Å². The lowest BCUT2D eigenvalue weighted by Crippen LogP contribution is -2.43. The average Bonchev–Trinajstić information content (AvgIpc) is 2.57. The SMILES string of the molecule is COC(=O)c1cc(C(=O)OC)cc(S(=O)(=O)NC(C)(C)CCC(=O)O)c1.